The van der Waals surface area contributed by atoms with Crippen LogP contribution in [0.25, 0.3) is 0 Å². The van der Waals surface area contributed by atoms with Gasteiger partial charge in [-0.15, -0.1) is 11.3 Å². The van der Waals surface area contributed by atoms with E-state index in [0.717, 1.165) is 17.7 Å². The molecule has 1 aromatic heterocycles. The Balaban J connectivity index is 2.25. The van der Waals surface area contributed by atoms with Crippen molar-refractivity contribution in [3.8, 4) is 0 Å². The highest BCUT2D eigenvalue weighted by molar-refractivity contribution is 7.10. The fourth-order valence-corrected chi connectivity index (χ4v) is 3.28. The number of anilines is 1. The van der Waals surface area contributed by atoms with Crippen LogP contribution >= 0.6 is 11.3 Å². The number of alkyl halides is 3. The Bertz CT molecular complexity index is 620. The smallest absolute Gasteiger partial charge is 0.398 e. The Hall–Kier alpha value is -1.53. The van der Waals surface area contributed by atoms with Gasteiger partial charge in [-0.05, 0) is 55.1 Å². The van der Waals surface area contributed by atoms with Gasteiger partial charge in [0.15, 0.2) is 0 Å². The second-order valence-electron chi connectivity index (χ2n) is 4.92. The summed E-state index contributed by atoms with van der Waals surface area (Å²) in [5.74, 6) is 0. The van der Waals surface area contributed by atoms with Gasteiger partial charge in [0, 0.05) is 16.6 Å². The quantitative estimate of drug-likeness (QED) is 0.832. The molecule has 2 nitrogen and oxygen atoms in total. The zero-order chi connectivity index (χ0) is 15.6. The molecule has 0 amide bonds. The minimum atomic E-state index is -4.36. The molecule has 0 radical (unpaired) electrons. The summed E-state index contributed by atoms with van der Waals surface area (Å²) < 4.78 is 37.9. The molecule has 0 spiro atoms. The number of thiophene rings is 1. The third-order valence-electron chi connectivity index (χ3n) is 3.46. The van der Waals surface area contributed by atoms with Crippen molar-refractivity contribution in [1.29, 1.82) is 0 Å². The first kappa shape index (κ1) is 15.9. The molecule has 0 aliphatic carbocycles. The molecule has 114 valence electrons. The summed E-state index contributed by atoms with van der Waals surface area (Å²) in [5, 5.41) is 5.20. The first-order chi connectivity index (χ1) is 9.82. The van der Waals surface area contributed by atoms with Crippen molar-refractivity contribution < 1.29 is 13.2 Å². The third-order valence-corrected chi connectivity index (χ3v) is 4.60. The summed E-state index contributed by atoms with van der Waals surface area (Å²) in [6, 6.07) is 5.62. The monoisotopic (exact) mass is 314 g/mol. The topological polar surface area (TPSA) is 38.0 Å². The van der Waals surface area contributed by atoms with E-state index in [1.54, 1.807) is 11.3 Å². The highest BCUT2D eigenvalue weighted by Crippen LogP contribution is 2.33. The van der Waals surface area contributed by atoms with E-state index < -0.39 is 11.7 Å². The SMILES string of the molecule is CNC(Cc1ccc(C(F)(F)F)cc1N)c1sccc1C. The molecule has 3 N–H and O–H groups in total. The highest BCUT2D eigenvalue weighted by Gasteiger charge is 2.31. The summed E-state index contributed by atoms with van der Waals surface area (Å²) >= 11 is 1.63. The van der Waals surface area contributed by atoms with Crippen molar-refractivity contribution in [3.05, 3.63) is 51.2 Å². The number of nitrogen functional groups attached to an aromatic ring is 1. The Labute approximate surface area is 125 Å². The third kappa shape index (κ3) is 3.57. The maximum atomic E-state index is 12.6. The van der Waals surface area contributed by atoms with Crippen molar-refractivity contribution in [1.82, 2.24) is 5.32 Å². The van der Waals surface area contributed by atoms with Crippen molar-refractivity contribution in [2.24, 2.45) is 0 Å². The predicted molar refractivity (Wildman–Crippen MR) is 80.4 cm³/mol. The van der Waals surface area contributed by atoms with Crippen LogP contribution in [0.2, 0.25) is 0 Å². The van der Waals surface area contributed by atoms with E-state index in [0.29, 0.717) is 6.42 Å². The molecule has 2 rings (SSSR count). The molecule has 0 fully saturated rings. The molecule has 1 heterocycles. The molecular formula is C15H17F3N2S. The number of nitrogens with one attached hydrogen (secondary N) is 1. The number of benzene rings is 1. The molecule has 1 unspecified atom stereocenters. The maximum Gasteiger partial charge on any atom is 0.416 e. The van der Waals surface area contributed by atoms with E-state index in [2.05, 4.69) is 5.32 Å². The van der Waals surface area contributed by atoms with Gasteiger partial charge in [0.05, 0.1) is 5.56 Å². The number of hydrogen-bond donors (Lipinski definition) is 2. The number of halogens is 3. The Morgan fingerprint density at radius 2 is 2.00 bits per heavy atom. The van der Waals surface area contributed by atoms with Gasteiger partial charge in [0.1, 0.15) is 0 Å². The van der Waals surface area contributed by atoms with Crippen LogP contribution in [0.3, 0.4) is 0 Å². The standard InChI is InChI=1S/C15H17F3N2S/c1-9-5-6-21-14(9)13(20-2)7-10-3-4-11(8-12(10)19)15(16,17)18/h3-6,8,13,20H,7,19H2,1-2H3. The van der Waals surface area contributed by atoms with Crippen LogP contribution in [0, 0.1) is 6.92 Å². The number of aryl methyl sites for hydroxylation is 1. The van der Waals surface area contributed by atoms with Crippen LogP contribution in [0.4, 0.5) is 18.9 Å². The molecule has 1 aromatic carbocycles. The molecule has 0 aliphatic heterocycles. The van der Waals surface area contributed by atoms with Gasteiger partial charge in [-0.25, -0.2) is 0 Å². The summed E-state index contributed by atoms with van der Waals surface area (Å²) in [6.07, 6.45) is -3.80. The van der Waals surface area contributed by atoms with E-state index >= 15 is 0 Å². The molecular weight excluding hydrogens is 297 g/mol. The molecule has 6 heteroatoms. The van der Waals surface area contributed by atoms with Crippen molar-refractivity contribution in [2.45, 2.75) is 25.6 Å². The molecule has 0 saturated heterocycles. The van der Waals surface area contributed by atoms with E-state index in [-0.39, 0.29) is 11.7 Å². The van der Waals surface area contributed by atoms with Gasteiger partial charge in [0.2, 0.25) is 0 Å². The largest absolute Gasteiger partial charge is 0.416 e. The van der Waals surface area contributed by atoms with Crippen molar-refractivity contribution >= 4 is 17.0 Å². The van der Waals surface area contributed by atoms with Gasteiger partial charge in [0.25, 0.3) is 0 Å². The fraction of sp³-hybridized carbons (Fsp3) is 0.333. The molecule has 1 atom stereocenters. The van der Waals surface area contributed by atoms with Crippen LogP contribution in [0.1, 0.15) is 27.6 Å². The van der Waals surface area contributed by atoms with Crippen LogP contribution in [-0.2, 0) is 12.6 Å². The lowest BCUT2D eigenvalue weighted by molar-refractivity contribution is -0.137. The first-order valence-electron chi connectivity index (χ1n) is 6.49. The highest BCUT2D eigenvalue weighted by atomic mass is 32.1. The summed E-state index contributed by atoms with van der Waals surface area (Å²) in [5.41, 5.74) is 7.15. The van der Waals surface area contributed by atoms with Crippen LogP contribution in [0.5, 0.6) is 0 Å². The minimum absolute atomic E-state index is 0.0454. The Morgan fingerprint density at radius 3 is 2.48 bits per heavy atom. The average Bonchev–Trinajstić information content (AvgIpc) is 2.82. The van der Waals surface area contributed by atoms with Gasteiger partial charge in [-0.2, -0.15) is 13.2 Å². The normalized spacial score (nSPS) is 13.4. The van der Waals surface area contributed by atoms with Gasteiger partial charge in [-0.1, -0.05) is 6.07 Å². The molecule has 2 aromatic rings. The van der Waals surface area contributed by atoms with Gasteiger partial charge < -0.3 is 11.1 Å². The molecule has 0 aliphatic rings. The predicted octanol–water partition coefficient (Wildman–Crippen LogP) is 4.16. The summed E-state index contributed by atoms with van der Waals surface area (Å²) in [4.78, 5) is 1.18. The molecule has 0 bridgehead atoms. The van der Waals surface area contributed by atoms with Gasteiger partial charge in [-0.3, -0.25) is 0 Å². The molecule has 0 saturated carbocycles. The number of likely N-dealkylation sites (N-methyl/N-ethyl adjacent to an activating group) is 1. The van der Waals surface area contributed by atoms with Gasteiger partial charge >= 0.3 is 6.18 Å². The summed E-state index contributed by atoms with van der Waals surface area (Å²) in [6.45, 7) is 2.02. The van der Waals surface area contributed by atoms with Crippen molar-refractivity contribution in [2.75, 3.05) is 12.8 Å². The van der Waals surface area contributed by atoms with E-state index in [9.17, 15) is 13.2 Å². The van der Waals surface area contributed by atoms with Crippen LogP contribution in [0.15, 0.2) is 29.6 Å². The lowest BCUT2D eigenvalue weighted by Crippen LogP contribution is -2.19. The molecule has 21 heavy (non-hydrogen) atoms. The number of nitrogens with two attached hydrogens (primary N) is 1. The second-order valence-corrected chi connectivity index (χ2v) is 5.87. The fourth-order valence-electron chi connectivity index (χ4n) is 2.24. The maximum absolute atomic E-state index is 12.6. The van der Waals surface area contributed by atoms with Crippen molar-refractivity contribution in [3.63, 3.8) is 0 Å². The van der Waals surface area contributed by atoms with Crippen LogP contribution in [-0.4, -0.2) is 7.05 Å². The lowest BCUT2D eigenvalue weighted by atomic mass is 9.99. The Kier molecular flexibility index (Phi) is 4.58. The average molecular weight is 314 g/mol. The van der Waals surface area contributed by atoms with E-state index in [1.165, 1.54) is 16.5 Å². The number of hydrogen-bond acceptors (Lipinski definition) is 3. The second kappa shape index (κ2) is 6.07. The van der Waals surface area contributed by atoms with E-state index in [1.807, 2.05) is 25.4 Å². The minimum Gasteiger partial charge on any atom is -0.398 e. The van der Waals surface area contributed by atoms with Crippen LogP contribution < -0.4 is 11.1 Å². The zero-order valence-electron chi connectivity index (χ0n) is 11.8. The number of rotatable bonds is 4. The Morgan fingerprint density at radius 1 is 1.29 bits per heavy atom. The summed E-state index contributed by atoms with van der Waals surface area (Å²) in [7, 11) is 1.84. The first-order valence-corrected chi connectivity index (χ1v) is 7.37. The zero-order valence-corrected chi connectivity index (χ0v) is 12.6. The lowest BCUT2D eigenvalue weighted by Gasteiger charge is -2.18. The van der Waals surface area contributed by atoms with E-state index in [4.69, 9.17) is 5.73 Å².